The van der Waals surface area contributed by atoms with Gasteiger partial charge in [-0.25, -0.2) is 4.39 Å². The molecule has 166 valence electrons. The van der Waals surface area contributed by atoms with E-state index < -0.39 is 0 Å². The van der Waals surface area contributed by atoms with Gasteiger partial charge < -0.3 is 9.64 Å². The van der Waals surface area contributed by atoms with Gasteiger partial charge >= 0.3 is 0 Å². The van der Waals surface area contributed by atoms with Gasteiger partial charge in [0, 0.05) is 38.3 Å². The van der Waals surface area contributed by atoms with Gasteiger partial charge in [0.2, 0.25) is 0 Å². The van der Waals surface area contributed by atoms with Crippen molar-refractivity contribution in [1.82, 2.24) is 9.80 Å². The number of hydrogen-bond acceptors (Lipinski definition) is 3. The van der Waals surface area contributed by atoms with Crippen LogP contribution in [0, 0.1) is 19.7 Å². The Kier molecular flexibility index (Phi) is 6.86. The number of carbonyl (C=O) groups is 1. The number of hydrogen-bond donors (Lipinski definition) is 0. The summed E-state index contributed by atoms with van der Waals surface area (Å²) in [7, 11) is 0. The highest BCUT2D eigenvalue weighted by molar-refractivity contribution is 5.94. The summed E-state index contributed by atoms with van der Waals surface area (Å²) >= 11 is 0. The van der Waals surface area contributed by atoms with Gasteiger partial charge in [0.25, 0.3) is 5.91 Å². The molecule has 1 heterocycles. The summed E-state index contributed by atoms with van der Waals surface area (Å²) in [6.45, 7) is 8.08. The van der Waals surface area contributed by atoms with Crippen LogP contribution >= 0.6 is 0 Å². The lowest BCUT2D eigenvalue weighted by Crippen LogP contribution is -2.48. The molecule has 5 heteroatoms. The molecule has 1 saturated heterocycles. The third-order valence-corrected chi connectivity index (χ3v) is 5.87. The monoisotopic (exact) mass is 432 g/mol. The van der Waals surface area contributed by atoms with Crippen molar-refractivity contribution in [2.24, 2.45) is 0 Å². The molecule has 0 saturated carbocycles. The second-order valence-electron chi connectivity index (χ2n) is 8.46. The van der Waals surface area contributed by atoms with Crippen LogP contribution in [0.15, 0.2) is 66.7 Å². The Balaban J connectivity index is 1.33. The van der Waals surface area contributed by atoms with Crippen LogP contribution in [0.5, 0.6) is 5.75 Å². The molecule has 32 heavy (non-hydrogen) atoms. The lowest BCUT2D eigenvalue weighted by atomic mass is 10.1. The van der Waals surface area contributed by atoms with Crippen molar-refractivity contribution in [3.05, 3.63) is 100 Å². The van der Waals surface area contributed by atoms with Gasteiger partial charge in [-0.2, -0.15) is 0 Å². The van der Waals surface area contributed by atoms with Gasteiger partial charge in [-0.05, 0) is 66.4 Å². The number of halogens is 1. The van der Waals surface area contributed by atoms with Crippen LogP contribution in [-0.4, -0.2) is 41.9 Å². The van der Waals surface area contributed by atoms with Crippen LogP contribution in [0.3, 0.4) is 0 Å². The average molecular weight is 433 g/mol. The third-order valence-electron chi connectivity index (χ3n) is 5.87. The van der Waals surface area contributed by atoms with Crippen molar-refractivity contribution in [3.63, 3.8) is 0 Å². The van der Waals surface area contributed by atoms with Crippen molar-refractivity contribution in [3.8, 4) is 5.75 Å². The molecule has 0 radical (unpaired) electrons. The summed E-state index contributed by atoms with van der Waals surface area (Å²) in [6, 6.07) is 20.5. The molecule has 4 rings (SSSR count). The first kappa shape index (κ1) is 22.0. The van der Waals surface area contributed by atoms with Crippen LogP contribution in [0.1, 0.15) is 32.6 Å². The van der Waals surface area contributed by atoms with Crippen LogP contribution in [0.25, 0.3) is 0 Å². The fourth-order valence-electron chi connectivity index (χ4n) is 4.00. The van der Waals surface area contributed by atoms with Crippen LogP contribution < -0.4 is 4.74 Å². The van der Waals surface area contributed by atoms with Crippen LogP contribution in [-0.2, 0) is 13.2 Å². The lowest BCUT2D eigenvalue weighted by molar-refractivity contribution is 0.0628. The number of nitrogens with zero attached hydrogens (tertiary/aromatic N) is 2. The fraction of sp³-hybridized carbons (Fsp3) is 0.296. The lowest BCUT2D eigenvalue weighted by Gasteiger charge is -2.34. The Morgan fingerprint density at radius 3 is 2.44 bits per heavy atom. The highest BCUT2D eigenvalue weighted by Gasteiger charge is 2.22. The third kappa shape index (κ3) is 5.54. The highest BCUT2D eigenvalue weighted by Crippen LogP contribution is 2.21. The molecule has 1 fully saturated rings. The molecule has 0 bridgehead atoms. The number of aryl methyl sites for hydroxylation is 2. The zero-order valence-electron chi connectivity index (χ0n) is 18.7. The maximum absolute atomic E-state index is 13.4. The minimum atomic E-state index is -0.210. The fourth-order valence-corrected chi connectivity index (χ4v) is 4.00. The minimum absolute atomic E-state index is 0.0454. The van der Waals surface area contributed by atoms with Gasteiger partial charge in [0.05, 0.1) is 0 Å². The topological polar surface area (TPSA) is 32.8 Å². The quantitative estimate of drug-likeness (QED) is 0.551. The first-order chi connectivity index (χ1) is 15.5. The Morgan fingerprint density at radius 1 is 0.906 bits per heavy atom. The standard InChI is InChI=1S/C27H29FN2O2/c1-20-9-10-21(2)26(15-20)32-19-23-6-3-7-24(16-23)27(31)30-13-11-29(12-14-30)18-22-5-4-8-25(28)17-22/h3-10,15-17H,11-14,18-19H2,1-2H3. The average Bonchev–Trinajstić information content (AvgIpc) is 2.80. The molecular formula is C27H29FN2O2. The molecule has 1 aliphatic heterocycles. The zero-order valence-corrected chi connectivity index (χ0v) is 18.7. The van der Waals surface area contributed by atoms with E-state index in [0.717, 1.165) is 41.1 Å². The zero-order chi connectivity index (χ0) is 22.5. The smallest absolute Gasteiger partial charge is 0.253 e. The van der Waals surface area contributed by atoms with E-state index in [9.17, 15) is 9.18 Å². The molecule has 1 aliphatic rings. The Hall–Kier alpha value is -3.18. The second-order valence-corrected chi connectivity index (χ2v) is 8.46. The van der Waals surface area contributed by atoms with E-state index in [4.69, 9.17) is 4.74 Å². The maximum Gasteiger partial charge on any atom is 0.253 e. The molecular weight excluding hydrogens is 403 g/mol. The van der Waals surface area contributed by atoms with Crippen molar-refractivity contribution in [1.29, 1.82) is 0 Å². The Labute approximate surface area is 189 Å². The summed E-state index contributed by atoms with van der Waals surface area (Å²) in [6.07, 6.45) is 0. The second kappa shape index (κ2) is 9.96. The molecule has 0 N–H and O–H groups in total. The van der Waals surface area contributed by atoms with Crippen LogP contribution in [0.4, 0.5) is 4.39 Å². The van der Waals surface area contributed by atoms with Crippen molar-refractivity contribution < 1.29 is 13.9 Å². The number of carbonyl (C=O) groups excluding carboxylic acids is 1. The highest BCUT2D eigenvalue weighted by atomic mass is 19.1. The first-order valence-corrected chi connectivity index (χ1v) is 11.0. The number of ether oxygens (including phenoxy) is 1. The summed E-state index contributed by atoms with van der Waals surface area (Å²) in [4.78, 5) is 17.2. The van der Waals surface area contributed by atoms with Crippen molar-refractivity contribution in [2.45, 2.75) is 27.0 Å². The molecule has 4 nitrogen and oxygen atoms in total. The summed E-state index contributed by atoms with van der Waals surface area (Å²) in [5.74, 6) is 0.706. The molecule has 0 unspecified atom stereocenters. The minimum Gasteiger partial charge on any atom is -0.489 e. The molecule has 3 aromatic rings. The number of benzene rings is 3. The van der Waals surface area contributed by atoms with Gasteiger partial charge in [-0.15, -0.1) is 0 Å². The molecule has 1 amide bonds. The summed E-state index contributed by atoms with van der Waals surface area (Å²) in [5, 5.41) is 0. The van der Waals surface area contributed by atoms with Crippen molar-refractivity contribution in [2.75, 3.05) is 26.2 Å². The van der Waals surface area contributed by atoms with Crippen molar-refractivity contribution >= 4 is 5.91 Å². The van der Waals surface area contributed by atoms with E-state index in [1.165, 1.54) is 6.07 Å². The predicted octanol–water partition coefficient (Wildman–Crippen LogP) is 4.98. The number of rotatable bonds is 6. The van der Waals surface area contributed by atoms with E-state index in [2.05, 4.69) is 17.0 Å². The molecule has 0 spiro atoms. The largest absolute Gasteiger partial charge is 0.489 e. The summed E-state index contributed by atoms with van der Waals surface area (Å²) in [5.41, 5.74) is 4.87. The molecule has 0 atom stereocenters. The van der Waals surface area contributed by atoms with E-state index in [1.807, 2.05) is 55.1 Å². The number of piperazine rings is 1. The normalized spacial score (nSPS) is 14.4. The van der Waals surface area contributed by atoms with E-state index in [1.54, 1.807) is 12.1 Å². The Morgan fingerprint density at radius 2 is 1.66 bits per heavy atom. The number of amides is 1. The van der Waals surface area contributed by atoms with E-state index in [-0.39, 0.29) is 11.7 Å². The van der Waals surface area contributed by atoms with E-state index >= 15 is 0 Å². The van der Waals surface area contributed by atoms with Gasteiger partial charge in [-0.1, -0.05) is 36.4 Å². The first-order valence-electron chi connectivity index (χ1n) is 11.0. The maximum atomic E-state index is 13.4. The molecule has 0 aromatic heterocycles. The van der Waals surface area contributed by atoms with Gasteiger partial charge in [0.1, 0.15) is 18.2 Å². The van der Waals surface area contributed by atoms with Gasteiger partial charge in [0.15, 0.2) is 0 Å². The Bertz CT molecular complexity index is 1090. The molecule has 3 aromatic carbocycles. The SMILES string of the molecule is Cc1ccc(C)c(OCc2cccc(C(=O)N3CCN(Cc4cccc(F)c4)CC3)c2)c1. The van der Waals surface area contributed by atoms with Crippen LogP contribution in [0.2, 0.25) is 0 Å². The molecule has 0 aliphatic carbocycles. The van der Waals surface area contributed by atoms with E-state index in [0.29, 0.717) is 31.8 Å². The van der Waals surface area contributed by atoms with Gasteiger partial charge in [-0.3, -0.25) is 9.69 Å². The predicted molar refractivity (Wildman–Crippen MR) is 124 cm³/mol. The summed E-state index contributed by atoms with van der Waals surface area (Å²) < 4.78 is 19.4.